The van der Waals surface area contributed by atoms with Crippen LogP contribution < -0.4 is 4.74 Å². The molecule has 0 heterocycles. The molecule has 1 aromatic carbocycles. The smallest absolute Gasteiger partial charge is 0.315 e. The first-order valence-corrected chi connectivity index (χ1v) is 5.40. The topological polar surface area (TPSA) is 63.6 Å². The van der Waals surface area contributed by atoms with Gasteiger partial charge in [-0.25, -0.2) is 0 Å². The van der Waals surface area contributed by atoms with E-state index in [2.05, 4.69) is 0 Å². The zero-order valence-corrected chi connectivity index (χ0v) is 9.82. The number of ether oxygens (including phenoxy) is 1. The Bertz CT molecular complexity index is 482. The lowest BCUT2D eigenvalue weighted by Gasteiger charge is -2.36. The highest BCUT2D eigenvalue weighted by Gasteiger charge is 2.51. The molecule has 1 saturated carbocycles. The third-order valence-corrected chi connectivity index (χ3v) is 3.37. The zero-order chi connectivity index (χ0) is 12.6. The van der Waals surface area contributed by atoms with Gasteiger partial charge in [0.15, 0.2) is 0 Å². The maximum atomic E-state index is 11.3. The van der Waals surface area contributed by atoms with Gasteiger partial charge in [0.2, 0.25) is 0 Å². The Hall–Kier alpha value is -1.84. The van der Waals surface area contributed by atoms with E-state index >= 15 is 0 Å². The predicted molar refractivity (Wildman–Crippen MR) is 61.3 cm³/mol. The number of carboxylic acids is 1. The fourth-order valence-corrected chi connectivity index (χ4v) is 2.22. The first kappa shape index (κ1) is 11.6. The van der Waals surface area contributed by atoms with Gasteiger partial charge in [0.1, 0.15) is 16.9 Å². The van der Waals surface area contributed by atoms with Crippen LogP contribution in [0.25, 0.3) is 0 Å². The zero-order valence-electron chi connectivity index (χ0n) is 9.82. The van der Waals surface area contributed by atoms with Gasteiger partial charge in [-0.2, -0.15) is 0 Å². The fraction of sp³-hybridized carbons (Fsp3) is 0.385. The summed E-state index contributed by atoms with van der Waals surface area (Å²) in [6, 6.07) is 5.30. The van der Waals surface area contributed by atoms with Gasteiger partial charge in [0.05, 0.1) is 7.11 Å². The Morgan fingerprint density at radius 2 is 2.06 bits per heavy atom. The lowest BCUT2D eigenvalue weighted by atomic mass is 9.63. The van der Waals surface area contributed by atoms with Crippen LogP contribution in [0.3, 0.4) is 0 Å². The monoisotopic (exact) mass is 234 g/mol. The van der Waals surface area contributed by atoms with Crippen LogP contribution in [-0.2, 0) is 15.0 Å². The van der Waals surface area contributed by atoms with Crippen molar-refractivity contribution < 1.29 is 19.4 Å². The maximum Gasteiger partial charge on any atom is 0.315 e. The number of carboxylic acid groups (broad SMARTS) is 1. The molecule has 0 bridgehead atoms. The van der Waals surface area contributed by atoms with Crippen molar-refractivity contribution in [2.75, 3.05) is 7.11 Å². The van der Waals surface area contributed by atoms with E-state index < -0.39 is 11.4 Å². The van der Waals surface area contributed by atoms with Crippen LogP contribution in [0.2, 0.25) is 0 Å². The Labute approximate surface area is 99.2 Å². The van der Waals surface area contributed by atoms with Gasteiger partial charge in [0, 0.05) is 12.8 Å². The molecule has 4 nitrogen and oxygen atoms in total. The van der Waals surface area contributed by atoms with Gasteiger partial charge in [-0.3, -0.25) is 9.59 Å². The van der Waals surface area contributed by atoms with Crippen molar-refractivity contribution in [3.05, 3.63) is 29.3 Å². The second-order valence-electron chi connectivity index (χ2n) is 4.46. The third kappa shape index (κ3) is 1.69. The van der Waals surface area contributed by atoms with Crippen LogP contribution in [0.4, 0.5) is 0 Å². The van der Waals surface area contributed by atoms with E-state index in [9.17, 15) is 14.7 Å². The lowest BCUT2D eigenvalue weighted by Crippen LogP contribution is -2.48. The number of carbonyl (C=O) groups is 2. The van der Waals surface area contributed by atoms with E-state index in [1.165, 1.54) is 0 Å². The largest absolute Gasteiger partial charge is 0.496 e. The number of aryl methyl sites for hydroxylation is 1. The highest BCUT2D eigenvalue weighted by molar-refractivity contribution is 6.01. The van der Waals surface area contributed by atoms with Gasteiger partial charge in [-0.05, 0) is 24.1 Å². The molecule has 1 N–H and O–H groups in total. The molecule has 1 aromatic rings. The van der Waals surface area contributed by atoms with Crippen LogP contribution >= 0.6 is 0 Å². The molecule has 1 aliphatic rings. The molecule has 0 aromatic heterocycles. The van der Waals surface area contributed by atoms with E-state index in [-0.39, 0.29) is 18.6 Å². The average molecular weight is 234 g/mol. The van der Waals surface area contributed by atoms with E-state index in [0.717, 1.165) is 5.56 Å². The van der Waals surface area contributed by atoms with Crippen molar-refractivity contribution >= 4 is 11.8 Å². The molecule has 1 fully saturated rings. The number of Topliss-reactive ketones (excluding diaryl/α,β-unsaturated/α-hetero) is 1. The van der Waals surface area contributed by atoms with Crippen molar-refractivity contribution in [3.8, 4) is 5.75 Å². The summed E-state index contributed by atoms with van der Waals surface area (Å²) in [6.07, 6.45) is 0.156. The van der Waals surface area contributed by atoms with Crippen molar-refractivity contribution in [2.45, 2.75) is 25.2 Å². The first-order chi connectivity index (χ1) is 7.99. The fourth-order valence-electron chi connectivity index (χ4n) is 2.22. The summed E-state index contributed by atoms with van der Waals surface area (Å²) in [6.45, 7) is 1.89. The molecule has 1 aliphatic carbocycles. The first-order valence-electron chi connectivity index (χ1n) is 5.40. The summed E-state index contributed by atoms with van der Waals surface area (Å²) in [5.74, 6) is -0.294. The molecule has 2 rings (SSSR count). The Kier molecular flexibility index (Phi) is 2.65. The second kappa shape index (κ2) is 3.87. The molecule has 0 saturated heterocycles. The van der Waals surface area contributed by atoms with E-state index in [1.54, 1.807) is 19.2 Å². The highest BCUT2D eigenvalue weighted by atomic mass is 16.5. The number of rotatable bonds is 3. The molecule has 0 spiro atoms. The average Bonchev–Trinajstić information content (AvgIpc) is 2.25. The number of hydrogen-bond acceptors (Lipinski definition) is 3. The molecular formula is C13H14O4. The molecule has 17 heavy (non-hydrogen) atoms. The summed E-state index contributed by atoms with van der Waals surface area (Å²) >= 11 is 0. The quantitative estimate of drug-likeness (QED) is 0.864. The lowest BCUT2D eigenvalue weighted by molar-refractivity contribution is -0.153. The number of hydrogen-bond donors (Lipinski definition) is 1. The van der Waals surface area contributed by atoms with E-state index in [1.807, 2.05) is 13.0 Å². The molecule has 0 amide bonds. The summed E-state index contributed by atoms with van der Waals surface area (Å²) in [5, 5.41) is 9.29. The second-order valence-corrected chi connectivity index (χ2v) is 4.46. The van der Waals surface area contributed by atoms with Crippen LogP contribution in [0.5, 0.6) is 5.75 Å². The van der Waals surface area contributed by atoms with Crippen molar-refractivity contribution in [1.82, 2.24) is 0 Å². The molecule has 0 atom stereocenters. The van der Waals surface area contributed by atoms with Gasteiger partial charge in [0.25, 0.3) is 0 Å². The molecule has 0 radical (unpaired) electrons. The standard InChI is InChI=1S/C13H14O4/c1-8-3-4-9(5-11(8)17-2)13(12(15)16)6-10(14)7-13/h3-5H,6-7H2,1-2H3,(H,15,16). The van der Waals surface area contributed by atoms with Crippen molar-refractivity contribution in [1.29, 1.82) is 0 Å². The summed E-state index contributed by atoms with van der Waals surface area (Å²) in [4.78, 5) is 22.5. The predicted octanol–water partition coefficient (Wildman–Crippen LogP) is 1.69. The molecule has 4 heteroatoms. The molecule has 0 unspecified atom stereocenters. The third-order valence-electron chi connectivity index (χ3n) is 3.37. The van der Waals surface area contributed by atoms with Crippen molar-refractivity contribution in [3.63, 3.8) is 0 Å². The number of carbonyl (C=O) groups excluding carboxylic acids is 1. The normalized spacial score (nSPS) is 17.4. The number of ketones is 1. The van der Waals surface area contributed by atoms with Crippen LogP contribution in [-0.4, -0.2) is 24.0 Å². The van der Waals surface area contributed by atoms with Gasteiger partial charge < -0.3 is 9.84 Å². The van der Waals surface area contributed by atoms with Gasteiger partial charge >= 0.3 is 5.97 Å². The minimum Gasteiger partial charge on any atom is -0.496 e. The minimum atomic E-state index is -1.04. The van der Waals surface area contributed by atoms with Crippen LogP contribution in [0, 0.1) is 6.92 Å². The molecular weight excluding hydrogens is 220 g/mol. The Morgan fingerprint density at radius 3 is 2.53 bits per heavy atom. The van der Waals surface area contributed by atoms with Crippen molar-refractivity contribution in [2.24, 2.45) is 0 Å². The molecule has 90 valence electrons. The highest BCUT2D eigenvalue weighted by Crippen LogP contribution is 2.42. The summed E-state index contributed by atoms with van der Waals surface area (Å²) < 4.78 is 5.18. The van der Waals surface area contributed by atoms with Gasteiger partial charge in [-0.1, -0.05) is 12.1 Å². The number of benzene rings is 1. The Morgan fingerprint density at radius 1 is 1.41 bits per heavy atom. The van der Waals surface area contributed by atoms with Crippen LogP contribution in [0.1, 0.15) is 24.0 Å². The Balaban J connectivity index is 2.45. The minimum absolute atomic E-state index is 0.00746. The van der Waals surface area contributed by atoms with Crippen LogP contribution in [0.15, 0.2) is 18.2 Å². The van der Waals surface area contributed by atoms with E-state index in [0.29, 0.717) is 11.3 Å². The maximum absolute atomic E-state index is 11.3. The number of aliphatic carboxylic acids is 1. The number of methoxy groups -OCH3 is 1. The summed E-state index contributed by atoms with van der Waals surface area (Å²) in [5.41, 5.74) is 0.549. The van der Waals surface area contributed by atoms with Gasteiger partial charge in [-0.15, -0.1) is 0 Å². The summed E-state index contributed by atoms with van der Waals surface area (Å²) in [7, 11) is 1.55. The SMILES string of the molecule is COc1cc(C2(C(=O)O)CC(=O)C2)ccc1C. The molecule has 0 aliphatic heterocycles. The van der Waals surface area contributed by atoms with E-state index in [4.69, 9.17) is 4.74 Å².